The van der Waals surface area contributed by atoms with Gasteiger partial charge in [-0.1, -0.05) is 42.5 Å². The Balaban J connectivity index is 1.27. The van der Waals surface area contributed by atoms with Crippen molar-refractivity contribution in [3.05, 3.63) is 72.3 Å². The van der Waals surface area contributed by atoms with E-state index >= 15 is 0 Å². The molecule has 2 N–H and O–H groups in total. The van der Waals surface area contributed by atoms with Crippen LogP contribution in [0, 0.1) is 5.92 Å². The summed E-state index contributed by atoms with van der Waals surface area (Å²) in [5.74, 6) is 0.952. The second-order valence-corrected chi connectivity index (χ2v) is 7.70. The van der Waals surface area contributed by atoms with Crippen LogP contribution in [0.3, 0.4) is 0 Å². The smallest absolute Gasteiger partial charge is 0.315 e. The molecule has 1 aliphatic heterocycles. The Morgan fingerprint density at radius 2 is 1.81 bits per heavy atom. The van der Waals surface area contributed by atoms with Gasteiger partial charge in [0.25, 0.3) is 0 Å². The van der Waals surface area contributed by atoms with E-state index < -0.39 is 0 Å². The molecule has 6 heteroatoms. The van der Waals surface area contributed by atoms with E-state index in [4.69, 9.17) is 4.74 Å². The Hall–Kier alpha value is -3.54. The lowest BCUT2D eigenvalue weighted by molar-refractivity contribution is -0.117. The van der Waals surface area contributed by atoms with Crippen molar-refractivity contribution in [2.24, 2.45) is 5.92 Å². The van der Waals surface area contributed by atoms with Crippen molar-refractivity contribution in [2.75, 3.05) is 24.6 Å². The van der Waals surface area contributed by atoms with Crippen LogP contribution >= 0.6 is 0 Å². The molecule has 4 rings (SSSR count). The molecule has 0 radical (unpaired) electrons. The molecule has 1 heterocycles. The highest BCUT2D eigenvalue weighted by Gasteiger charge is 2.30. The zero-order chi connectivity index (χ0) is 21.6. The number of benzene rings is 3. The van der Waals surface area contributed by atoms with Gasteiger partial charge in [0.15, 0.2) is 0 Å². The van der Waals surface area contributed by atoms with Crippen LogP contribution in [-0.2, 0) is 11.3 Å². The molecule has 1 saturated heterocycles. The van der Waals surface area contributed by atoms with Crippen LogP contribution in [0.1, 0.15) is 18.9 Å². The van der Waals surface area contributed by atoms with Crippen LogP contribution in [0.5, 0.6) is 5.75 Å². The first-order chi connectivity index (χ1) is 15.1. The summed E-state index contributed by atoms with van der Waals surface area (Å²) in [6, 6.07) is 21.5. The van der Waals surface area contributed by atoms with Crippen molar-refractivity contribution in [3.8, 4) is 5.75 Å². The lowest BCUT2D eigenvalue weighted by atomic mass is 10.0. The number of nitrogens with zero attached hydrogens (tertiary/aromatic N) is 1. The zero-order valence-electron chi connectivity index (χ0n) is 17.6. The maximum Gasteiger partial charge on any atom is 0.315 e. The van der Waals surface area contributed by atoms with Crippen molar-refractivity contribution >= 4 is 28.4 Å². The molecular weight excluding hydrogens is 390 g/mol. The number of nitrogens with one attached hydrogen (secondary N) is 2. The summed E-state index contributed by atoms with van der Waals surface area (Å²) >= 11 is 0. The molecule has 31 heavy (non-hydrogen) atoms. The molecule has 1 fully saturated rings. The number of amides is 3. The second-order valence-electron chi connectivity index (χ2n) is 7.70. The number of urea groups is 1. The summed E-state index contributed by atoms with van der Waals surface area (Å²) in [5, 5.41) is 8.13. The molecule has 0 spiro atoms. The highest BCUT2D eigenvalue weighted by Crippen LogP contribution is 2.26. The summed E-state index contributed by atoms with van der Waals surface area (Å²) in [7, 11) is 0. The molecule has 3 aromatic rings. The molecule has 3 aromatic carbocycles. The average molecular weight is 418 g/mol. The van der Waals surface area contributed by atoms with Gasteiger partial charge >= 0.3 is 6.03 Å². The van der Waals surface area contributed by atoms with Crippen LogP contribution in [0.25, 0.3) is 10.8 Å². The first kappa shape index (κ1) is 20.7. The minimum absolute atomic E-state index is 0.0760. The molecule has 160 valence electrons. The molecule has 1 aliphatic rings. The normalized spacial score (nSPS) is 15.8. The van der Waals surface area contributed by atoms with Gasteiger partial charge in [0, 0.05) is 37.7 Å². The number of carbonyl (C=O) groups is 2. The number of ether oxygens (including phenoxy) is 1. The van der Waals surface area contributed by atoms with Crippen LogP contribution in [0.2, 0.25) is 0 Å². The first-order valence-corrected chi connectivity index (χ1v) is 10.7. The number of rotatable bonds is 7. The fourth-order valence-electron chi connectivity index (χ4n) is 3.98. The highest BCUT2D eigenvalue weighted by atomic mass is 16.5. The monoisotopic (exact) mass is 417 g/mol. The minimum Gasteiger partial charge on any atom is -0.494 e. The second kappa shape index (κ2) is 9.51. The molecule has 3 amide bonds. The van der Waals surface area contributed by atoms with Gasteiger partial charge in [0.2, 0.25) is 5.91 Å². The van der Waals surface area contributed by atoms with E-state index in [9.17, 15) is 9.59 Å². The Kier molecular flexibility index (Phi) is 6.36. The molecule has 0 aliphatic carbocycles. The maximum absolute atomic E-state index is 12.4. The van der Waals surface area contributed by atoms with Crippen LogP contribution in [-0.4, -0.2) is 31.6 Å². The van der Waals surface area contributed by atoms with E-state index in [1.807, 2.05) is 55.5 Å². The SMILES string of the molecule is CCOc1ccc(N2CC(CNC(=O)NCc3cccc4ccccc34)CC2=O)cc1. The molecule has 6 nitrogen and oxygen atoms in total. The van der Waals surface area contributed by atoms with E-state index in [1.165, 1.54) is 0 Å². The number of hydrogen-bond donors (Lipinski definition) is 2. The van der Waals surface area contributed by atoms with E-state index in [1.54, 1.807) is 4.90 Å². The molecule has 1 unspecified atom stereocenters. The number of hydrogen-bond acceptors (Lipinski definition) is 3. The van der Waals surface area contributed by atoms with Gasteiger partial charge < -0.3 is 20.3 Å². The molecule has 0 bridgehead atoms. The van der Waals surface area contributed by atoms with Crippen molar-refractivity contribution in [1.29, 1.82) is 0 Å². The third kappa shape index (κ3) is 4.97. The van der Waals surface area contributed by atoms with Gasteiger partial charge in [-0.15, -0.1) is 0 Å². The summed E-state index contributed by atoms with van der Waals surface area (Å²) in [6.45, 7) is 4.05. The van der Waals surface area contributed by atoms with Gasteiger partial charge in [0.1, 0.15) is 5.75 Å². The van der Waals surface area contributed by atoms with Crippen molar-refractivity contribution in [3.63, 3.8) is 0 Å². The first-order valence-electron chi connectivity index (χ1n) is 10.7. The van der Waals surface area contributed by atoms with Crippen molar-refractivity contribution in [2.45, 2.75) is 19.9 Å². The fraction of sp³-hybridized carbons (Fsp3) is 0.280. The quantitative estimate of drug-likeness (QED) is 0.608. The van der Waals surface area contributed by atoms with Crippen LogP contribution in [0.4, 0.5) is 10.5 Å². The number of carbonyl (C=O) groups excluding carboxylic acids is 2. The van der Waals surface area contributed by atoms with E-state index in [0.717, 1.165) is 27.8 Å². The molecule has 0 saturated carbocycles. The summed E-state index contributed by atoms with van der Waals surface area (Å²) in [5.41, 5.74) is 1.93. The Morgan fingerprint density at radius 3 is 2.61 bits per heavy atom. The predicted molar refractivity (Wildman–Crippen MR) is 122 cm³/mol. The van der Waals surface area contributed by atoms with E-state index in [-0.39, 0.29) is 17.9 Å². The van der Waals surface area contributed by atoms with Gasteiger partial charge in [0.05, 0.1) is 6.61 Å². The zero-order valence-corrected chi connectivity index (χ0v) is 17.6. The number of anilines is 1. The van der Waals surface area contributed by atoms with Gasteiger partial charge in [-0.25, -0.2) is 4.79 Å². The van der Waals surface area contributed by atoms with Crippen LogP contribution in [0.15, 0.2) is 66.7 Å². The van der Waals surface area contributed by atoms with E-state index in [0.29, 0.717) is 32.7 Å². The lowest BCUT2D eigenvalue weighted by Crippen LogP contribution is -2.38. The molecule has 1 atom stereocenters. The predicted octanol–water partition coefficient (Wildman–Crippen LogP) is 4.09. The summed E-state index contributed by atoms with van der Waals surface area (Å²) in [4.78, 5) is 26.5. The Labute approximate surface area is 182 Å². The molecule has 0 aromatic heterocycles. The van der Waals surface area contributed by atoms with Gasteiger partial charge in [-0.3, -0.25) is 4.79 Å². The standard InChI is InChI=1S/C25H27N3O3/c1-2-31-22-12-10-21(11-13-22)28-17-18(14-24(28)29)15-26-25(30)27-16-20-8-5-7-19-6-3-4-9-23(19)20/h3-13,18H,2,14-17H2,1H3,(H2,26,27,30). The third-order valence-corrected chi connectivity index (χ3v) is 5.54. The number of fused-ring (bicyclic) bond motifs is 1. The van der Waals surface area contributed by atoms with Gasteiger partial charge in [-0.2, -0.15) is 0 Å². The maximum atomic E-state index is 12.4. The fourth-order valence-corrected chi connectivity index (χ4v) is 3.98. The lowest BCUT2D eigenvalue weighted by Gasteiger charge is -2.17. The van der Waals surface area contributed by atoms with E-state index in [2.05, 4.69) is 28.8 Å². The summed E-state index contributed by atoms with van der Waals surface area (Å²) < 4.78 is 5.46. The average Bonchev–Trinajstić information content (AvgIpc) is 3.17. The topological polar surface area (TPSA) is 70.7 Å². The largest absolute Gasteiger partial charge is 0.494 e. The minimum atomic E-state index is -0.222. The summed E-state index contributed by atoms with van der Waals surface area (Å²) in [6.07, 6.45) is 0.427. The Bertz CT molecular complexity index is 1060. The highest BCUT2D eigenvalue weighted by molar-refractivity contribution is 5.95. The third-order valence-electron chi connectivity index (χ3n) is 5.54. The van der Waals surface area contributed by atoms with Crippen LogP contribution < -0.4 is 20.3 Å². The van der Waals surface area contributed by atoms with Crippen molar-refractivity contribution in [1.82, 2.24) is 10.6 Å². The Morgan fingerprint density at radius 1 is 1.03 bits per heavy atom. The van der Waals surface area contributed by atoms with Crippen molar-refractivity contribution < 1.29 is 14.3 Å². The van der Waals surface area contributed by atoms with Gasteiger partial charge in [-0.05, 0) is 47.5 Å². The molecular formula is C25H27N3O3.